The molecule has 1 aromatic heterocycles. The summed E-state index contributed by atoms with van der Waals surface area (Å²) in [7, 11) is 1.65. The van der Waals surface area contributed by atoms with Gasteiger partial charge >= 0.3 is 0 Å². The van der Waals surface area contributed by atoms with E-state index in [1.54, 1.807) is 19.5 Å². The Labute approximate surface area is 218 Å². The van der Waals surface area contributed by atoms with E-state index in [-0.39, 0.29) is 30.5 Å². The summed E-state index contributed by atoms with van der Waals surface area (Å²) in [5.41, 5.74) is 4.01. The van der Waals surface area contributed by atoms with Gasteiger partial charge in [-0.05, 0) is 73.0 Å². The first kappa shape index (κ1) is 25.0. The van der Waals surface area contributed by atoms with Crippen LogP contribution in [0.5, 0.6) is 5.75 Å². The van der Waals surface area contributed by atoms with Crippen LogP contribution in [0.3, 0.4) is 0 Å². The first-order valence-electron chi connectivity index (χ1n) is 13.0. The Bertz CT molecular complexity index is 1250. The predicted molar refractivity (Wildman–Crippen MR) is 143 cm³/mol. The Morgan fingerprint density at radius 3 is 2.38 bits per heavy atom. The molecule has 2 fully saturated rings. The van der Waals surface area contributed by atoms with Crippen molar-refractivity contribution in [2.75, 3.05) is 33.4 Å². The van der Waals surface area contributed by atoms with Gasteiger partial charge in [0.1, 0.15) is 5.75 Å². The number of methoxy groups -OCH3 is 1. The molecule has 2 aliphatic heterocycles. The number of fused-ring (bicyclic) bond motifs is 1. The van der Waals surface area contributed by atoms with Crippen LogP contribution in [0.2, 0.25) is 0 Å². The molecule has 2 saturated heterocycles. The second-order valence-corrected chi connectivity index (χ2v) is 9.77. The Morgan fingerprint density at radius 1 is 1.03 bits per heavy atom. The second-order valence-electron chi connectivity index (χ2n) is 9.77. The lowest BCUT2D eigenvalue weighted by Gasteiger charge is -2.57. The van der Waals surface area contributed by atoms with Crippen molar-refractivity contribution in [3.05, 3.63) is 95.3 Å². The number of aliphatic hydroxyl groups excluding tert-OH is 1. The lowest BCUT2D eigenvalue weighted by Crippen LogP contribution is -2.68. The van der Waals surface area contributed by atoms with E-state index in [9.17, 15) is 9.90 Å². The summed E-state index contributed by atoms with van der Waals surface area (Å²) >= 11 is 0. The van der Waals surface area contributed by atoms with Gasteiger partial charge in [-0.25, -0.2) is 0 Å². The quantitative estimate of drug-likeness (QED) is 0.549. The Kier molecular flexibility index (Phi) is 7.84. The third-order valence-corrected chi connectivity index (χ3v) is 7.54. The maximum absolute atomic E-state index is 13.2. The molecular formula is C31H33N3O3. The fraction of sp³-hybridized carbons (Fsp3) is 0.355. The Balaban J connectivity index is 1.30. The van der Waals surface area contributed by atoms with Gasteiger partial charge in [0.2, 0.25) is 5.91 Å². The van der Waals surface area contributed by atoms with Crippen molar-refractivity contribution in [2.24, 2.45) is 0 Å². The number of ether oxygens (including phenoxy) is 1. The van der Waals surface area contributed by atoms with E-state index in [1.807, 2.05) is 41.3 Å². The van der Waals surface area contributed by atoms with Crippen molar-refractivity contribution < 1.29 is 14.6 Å². The van der Waals surface area contributed by atoms with E-state index >= 15 is 0 Å². The van der Waals surface area contributed by atoms with Crippen molar-refractivity contribution in [2.45, 2.75) is 37.3 Å². The molecule has 3 heterocycles. The summed E-state index contributed by atoms with van der Waals surface area (Å²) < 4.78 is 5.21. The molecule has 6 heteroatoms. The standard InChI is InChI=1S/C31H33N3O3/c1-37-27-14-10-24(11-15-27)7-6-23-8-12-26(13-9-23)31-28-21-33(17-2-3-18-34(28)29(31)22-35)30(36)19-25-5-4-16-32-20-25/h4-5,8-16,20,28-29,31,35H,2-3,17-19,21-22H2,1H3/t28-,29-,31-/m1/s1. The molecule has 2 aliphatic rings. The van der Waals surface area contributed by atoms with Gasteiger partial charge in [-0.3, -0.25) is 14.7 Å². The van der Waals surface area contributed by atoms with Gasteiger partial charge in [-0.15, -0.1) is 0 Å². The first-order chi connectivity index (χ1) is 18.2. The van der Waals surface area contributed by atoms with Gasteiger partial charge in [0.05, 0.1) is 20.1 Å². The van der Waals surface area contributed by atoms with Gasteiger partial charge in [0.15, 0.2) is 0 Å². The Morgan fingerprint density at radius 2 is 1.73 bits per heavy atom. The van der Waals surface area contributed by atoms with Crippen molar-refractivity contribution in [1.29, 1.82) is 0 Å². The molecule has 0 unspecified atom stereocenters. The highest BCUT2D eigenvalue weighted by Gasteiger charge is 2.49. The molecule has 3 atom stereocenters. The topological polar surface area (TPSA) is 65.9 Å². The average molecular weight is 496 g/mol. The molecule has 5 rings (SSSR count). The zero-order valence-corrected chi connectivity index (χ0v) is 21.2. The van der Waals surface area contributed by atoms with Gasteiger partial charge < -0.3 is 14.7 Å². The van der Waals surface area contributed by atoms with Crippen molar-refractivity contribution in [1.82, 2.24) is 14.8 Å². The Hall–Kier alpha value is -3.66. The second kappa shape index (κ2) is 11.6. The van der Waals surface area contributed by atoms with Crippen molar-refractivity contribution >= 4 is 5.91 Å². The maximum Gasteiger partial charge on any atom is 0.227 e. The van der Waals surface area contributed by atoms with Gasteiger partial charge in [0, 0.05) is 54.6 Å². The lowest BCUT2D eigenvalue weighted by molar-refractivity contribution is -0.135. The lowest BCUT2D eigenvalue weighted by atomic mass is 9.74. The van der Waals surface area contributed by atoms with Crippen LogP contribution in [0.4, 0.5) is 0 Å². The van der Waals surface area contributed by atoms with Gasteiger partial charge in [-0.2, -0.15) is 0 Å². The van der Waals surface area contributed by atoms with Crippen molar-refractivity contribution in [3.63, 3.8) is 0 Å². The zero-order valence-electron chi connectivity index (χ0n) is 21.2. The highest BCUT2D eigenvalue weighted by atomic mass is 16.5. The van der Waals surface area contributed by atoms with Crippen LogP contribution >= 0.6 is 0 Å². The summed E-state index contributed by atoms with van der Waals surface area (Å²) in [4.78, 5) is 21.7. The molecule has 0 bridgehead atoms. The van der Waals surface area contributed by atoms with Crippen LogP contribution in [0.1, 0.15) is 41.0 Å². The van der Waals surface area contributed by atoms with Crippen LogP contribution < -0.4 is 4.74 Å². The molecule has 0 aliphatic carbocycles. The van der Waals surface area contributed by atoms with Crippen LogP contribution in [-0.4, -0.2) is 71.2 Å². The monoisotopic (exact) mass is 495 g/mol. The largest absolute Gasteiger partial charge is 0.497 e. The molecule has 0 radical (unpaired) electrons. The number of amides is 1. The smallest absolute Gasteiger partial charge is 0.227 e. The van der Waals surface area contributed by atoms with E-state index in [0.29, 0.717) is 13.0 Å². The zero-order chi connectivity index (χ0) is 25.6. The third-order valence-electron chi connectivity index (χ3n) is 7.54. The molecule has 190 valence electrons. The van der Waals surface area contributed by atoms with Crippen LogP contribution in [0.25, 0.3) is 0 Å². The normalized spacial score (nSPS) is 21.5. The fourth-order valence-electron chi connectivity index (χ4n) is 5.56. The third kappa shape index (κ3) is 5.69. The van der Waals surface area contributed by atoms with E-state index in [4.69, 9.17) is 4.74 Å². The summed E-state index contributed by atoms with van der Waals surface area (Å²) in [6.07, 6.45) is 5.87. The number of hydrogen-bond donors (Lipinski definition) is 1. The van der Waals surface area contributed by atoms with Gasteiger partial charge in [0.25, 0.3) is 0 Å². The number of carbonyl (C=O) groups is 1. The van der Waals surface area contributed by atoms with Crippen LogP contribution in [-0.2, 0) is 11.2 Å². The number of carbonyl (C=O) groups excluding carboxylic acids is 1. The molecule has 6 nitrogen and oxygen atoms in total. The number of aliphatic hydroxyl groups is 1. The number of nitrogens with zero attached hydrogens (tertiary/aromatic N) is 3. The fourth-order valence-corrected chi connectivity index (χ4v) is 5.56. The SMILES string of the molecule is COc1ccc(C#Cc2ccc([C@H]3[C@@H](CO)N4CCCCN(C(=O)Cc5cccnc5)C[C@H]34)cc2)cc1. The summed E-state index contributed by atoms with van der Waals surface area (Å²) in [5, 5.41) is 10.2. The molecule has 3 aromatic rings. The molecule has 1 amide bonds. The molecule has 2 aromatic carbocycles. The number of aromatic nitrogens is 1. The molecule has 1 N–H and O–H groups in total. The molecule has 0 saturated carbocycles. The number of hydrogen-bond acceptors (Lipinski definition) is 5. The van der Waals surface area contributed by atoms with Crippen molar-refractivity contribution in [3.8, 4) is 17.6 Å². The summed E-state index contributed by atoms with van der Waals surface area (Å²) in [6, 6.07) is 20.2. The molecule has 0 spiro atoms. The van der Waals surface area contributed by atoms with E-state index in [2.05, 4.69) is 46.0 Å². The average Bonchev–Trinajstić information content (AvgIpc) is 2.92. The van der Waals surface area contributed by atoms with E-state index in [0.717, 1.165) is 48.4 Å². The highest BCUT2D eigenvalue weighted by molar-refractivity contribution is 5.78. The molecule has 37 heavy (non-hydrogen) atoms. The first-order valence-corrected chi connectivity index (χ1v) is 13.0. The molecular weight excluding hydrogens is 462 g/mol. The van der Waals surface area contributed by atoms with E-state index in [1.165, 1.54) is 5.56 Å². The number of benzene rings is 2. The van der Waals surface area contributed by atoms with E-state index < -0.39 is 0 Å². The van der Waals surface area contributed by atoms with Gasteiger partial charge in [-0.1, -0.05) is 30.0 Å². The van der Waals surface area contributed by atoms with Crippen LogP contribution in [0.15, 0.2) is 73.1 Å². The minimum absolute atomic E-state index is 0.0783. The predicted octanol–water partition coefficient (Wildman–Crippen LogP) is 3.48. The van der Waals surface area contributed by atoms with Crippen LogP contribution in [0, 0.1) is 11.8 Å². The highest BCUT2D eigenvalue weighted by Crippen LogP contribution is 2.42. The summed E-state index contributed by atoms with van der Waals surface area (Å²) in [5.74, 6) is 7.58. The summed E-state index contributed by atoms with van der Waals surface area (Å²) in [6.45, 7) is 2.53. The maximum atomic E-state index is 13.2. The minimum atomic E-state index is 0.0783. The number of rotatable bonds is 5. The number of pyridine rings is 1. The minimum Gasteiger partial charge on any atom is -0.497 e.